The predicted molar refractivity (Wildman–Crippen MR) is 186 cm³/mol. The number of carbonyl (C=O) groups excluding carboxylic acids is 1. The molecule has 3 unspecified atom stereocenters. The van der Waals surface area contributed by atoms with Crippen molar-refractivity contribution in [2.45, 2.75) is 109 Å². The molecule has 3 aromatic rings. The van der Waals surface area contributed by atoms with E-state index in [1.165, 1.54) is 12.4 Å². The van der Waals surface area contributed by atoms with E-state index < -0.39 is 59.1 Å². The van der Waals surface area contributed by atoms with Crippen LogP contribution in [0.15, 0.2) is 60.9 Å². The zero-order valence-corrected chi connectivity index (χ0v) is 30.1. The van der Waals surface area contributed by atoms with Gasteiger partial charge in [-0.25, -0.2) is 14.8 Å². The van der Waals surface area contributed by atoms with E-state index in [1.54, 1.807) is 30.6 Å². The molecule has 1 amide bonds. The molecule has 3 heterocycles. The molecule has 9 nitrogen and oxygen atoms in total. The number of carbonyl (C=O) groups is 2. The number of nitrogens with zero attached hydrogens (tertiary/aromatic N) is 5. The lowest BCUT2D eigenvalue weighted by atomic mass is 9.86. The molecule has 53 heavy (non-hydrogen) atoms. The van der Waals surface area contributed by atoms with Gasteiger partial charge in [0.2, 0.25) is 5.95 Å². The summed E-state index contributed by atoms with van der Waals surface area (Å²) in [6.45, 7) is 7.76. The maximum Gasteiger partial charge on any atom is 0.416 e. The van der Waals surface area contributed by atoms with Gasteiger partial charge in [0.1, 0.15) is 5.60 Å². The van der Waals surface area contributed by atoms with Gasteiger partial charge in [-0.3, -0.25) is 4.79 Å². The van der Waals surface area contributed by atoms with Crippen molar-refractivity contribution in [2.75, 3.05) is 22.9 Å². The van der Waals surface area contributed by atoms with Crippen LogP contribution in [0.1, 0.15) is 82.1 Å². The van der Waals surface area contributed by atoms with Gasteiger partial charge in [0.05, 0.1) is 35.1 Å². The Morgan fingerprint density at radius 2 is 1.43 bits per heavy atom. The van der Waals surface area contributed by atoms with E-state index in [9.17, 15) is 41.0 Å². The molecule has 1 aromatic heterocycles. The number of anilines is 2. The second-order valence-corrected chi connectivity index (χ2v) is 14.8. The highest BCUT2D eigenvalue weighted by atomic mass is 19.4. The summed E-state index contributed by atoms with van der Waals surface area (Å²) in [7, 11) is 0. The number of aromatic nitrogens is 2. The average molecular weight is 750 g/mol. The van der Waals surface area contributed by atoms with Gasteiger partial charge >= 0.3 is 24.4 Å². The van der Waals surface area contributed by atoms with Crippen molar-refractivity contribution < 1.29 is 45.8 Å². The quantitative estimate of drug-likeness (QED) is 0.217. The van der Waals surface area contributed by atoms with Crippen molar-refractivity contribution in [3.8, 4) is 0 Å². The molecule has 2 fully saturated rings. The van der Waals surface area contributed by atoms with Crippen LogP contribution in [0, 0.1) is 5.92 Å². The van der Waals surface area contributed by atoms with Crippen LogP contribution in [-0.4, -0.2) is 68.9 Å². The van der Waals surface area contributed by atoms with Crippen LogP contribution in [0.3, 0.4) is 0 Å². The van der Waals surface area contributed by atoms with E-state index in [0.29, 0.717) is 57.3 Å². The third-order valence-electron chi connectivity index (χ3n) is 9.80. The molecule has 2 aliphatic rings. The summed E-state index contributed by atoms with van der Waals surface area (Å²) < 4.78 is 89.5. The minimum Gasteiger partial charge on any atom is -0.481 e. The summed E-state index contributed by atoms with van der Waals surface area (Å²) in [6, 6.07) is 9.69. The summed E-state index contributed by atoms with van der Waals surface area (Å²) in [4.78, 5) is 39.7. The molecule has 5 rings (SSSR count). The van der Waals surface area contributed by atoms with E-state index in [1.807, 2.05) is 42.2 Å². The maximum atomic E-state index is 13.9. The number of likely N-dealkylation sites (tertiary alicyclic amines) is 1. The maximum absolute atomic E-state index is 13.9. The molecule has 2 saturated heterocycles. The fourth-order valence-electron chi connectivity index (χ4n) is 7.23. The van der Waals surface area contributed by atoms with Gasteiger partial charge < -0.3 is 24.5 Å². The molecule has 1 N–H and O–H groups in total. The molecule has 0 radical (unpaired) electrons. The number of piperidine rings is 2. The zero-order chi connectivity index (χ0) is 38.7. The number of halogens is 6. The normalized spacial score (nSPS) is 20.3. The number of carboxylic acid groups (broad SMARTS) is 1. The molecule has 288 valence electrons. The second-order valence-electron chi connectivity index (χ2n) is 14.8. The number of benzene rings is 2. The Morgan fingerprint density at radius 3 is 1.94 bits per heavy atom. The summed E-state index contributed by atoms with van der Waals surface area (Å²) in [5, 5.41) is 9.39. The van der Waals surface area contributed by atoms with Crippen LogP contribution in [0.25, 0.3) is 0 Å². The Balaban J connectivity index is 1.55. The number of amides is 1. The van der Waals surface area contributed by atoms with E-state index >= 15 is 0 Å². The lowest BCUT2D eigenvalue weighted by molar-refractivity contribution is -0.144. The van der Waals surface area contributed by atoms with Gasteiger partial charge in [0.15, 0.2) is 0 Å². The van der Waals surface area contributed by atoms with Crippen LogP contribution in [-0.2, 0) is 34.8 Å². The standard InChI is InChI=1S/C38H45F6N5O4/c1-5-29-19-30(20-31(17-24-9-7-6-8-10-24)49(29)35(52)53-36(2,3)4)48(23-25-15-27(37(39,40)41)18-28(16-25)38(42,43)44)34-45-21-32(22-46-34)47-13-11-26(12-14-47)33(50)51/h6-10,15-16,18,21-22,26,29-31H,5,11-14,17,19-20,23H2,1-4H3,(H,50,51). The fraction of sp³-hybridized carbons (Fsp3) is 0.526. The largest absolute Gasteiger partial charge is 0.481 e. The van der Waals surface area contributed by atoms with E-state index in [0.717, 1.165) is 17.7 Å². The van der Waals surface area contributed by atoms with Crippen LogP contribution in [0.4, 0.5) is 42.8 Å². The first-order chi connectivity index (χ1) is 24.8. The lowest BCUT2D eigenvalue weighted by Crippen LogP contribution is -2.58. The fourth-order valence-corrected chi connectivity index (χ4v) is 7.23. The molecule has 2 aliphatic heterocycles. The Bertz CT molecular complexity index is 1670. The van der Waals surface area contributed by atoms with Gasteiger partial charge in [-0.05, 0) is 88.6 Å². The minimum absolute atomic E-state index is 0.101. The molecule has 3 atom stereocenters. The van der Waals surface area contributed by atoms with Crippen molar-refractivity contribution in [2.24, 2.45) is 5.92 Å². The smallest absolute Gasteiger partial charge is 0.416 e. The number of hydrogen-bond donors (Lipinski definition) is 1. The van der Waals surface area contributed by atoms with E-state index in [2.05, 4.69) is 9.97 Å². The van der Waals surface area contributed by atoms with E-state index in [4.69, 9.17) is 4.74 Å². The molecule has 0 bridgehead atoms. The van der Waals surface area contributed by atoms with Crippen molar-refractivity contribution in [1.82, 2.24) is 14.9 Å². The minimum atomic E-state index is -5.03. The van der Waals surface area contributed by atoms with Crippen LogP contribution in [0.5, 0.6) is 0 Å². The number of hydrogen-bond acceptors (Lipinski definition) is 7. The first kappa shape index (κ1) is 39.6. The summed E-state index contributed by atoms with van der Waals surface area (Å²) in [5.41, 5.74) is -2.30. The molecule has 0 aliphatic carbocycles. The predicted octanol–water partition coefficient (Wildman–Crippen LogP) is 8.61. The molecule has 2 aromatic carbocycles. The highest BCUT2D eigenvalue weighted by molar-refractivity contribution is 5.70. The molecule has 0 spiro atoms. The van der Waals surface area contributed by atoms with Gasteiger partial charge in [0.25, 0.3) is 0 Å². The van der Waals surface area contributed by atoms with E-state index in [-0.39, 0.29) is 30.2 Å². The van der Waals surface area contributed by atoms with Crippen LogP contribution >= 0.6 is 0 Å². The van der Waals surface area contributed by atoms with Crippen molar-refractivity contribution in [3.63, 3.8) is 0 Å². The number of aliphatic carboxylic acids is 1. The Morgan fingerprint density at radius 1 is 0.868 bits per heavy atom. The van der Waals surface area contributed by atoms with Crippen molar-refractivity contribution in [1.29, 1.82) is 0 Å². The molecular weight excluding hydrogens is 704 g/mol. The SMILES string of the molecule is CCC1CC(N(Cc2cc(C(F)(F)F)cc(C(F)(F)F)c2)c2ncc(N3CCC(C(=O)O)CC3)cn2)CC(Cc2ccccc2)N1C(=O)OC(C)(C)C. The summed E-state index contributed by atoms with van der Waals surface area (Å²) in [5.74, 6) is -1.22. The molecule has 0 saturated carbocycles. The third kappa shape index (κ3) is 10.1. The highest BCUT2D eigenvalue weighted by Crippen LogP contribution is 2.39. The molecule has 15 heteroatoms. The zero-order valence-electron chi connectivity index (χ0n) is 30.1. The lowest BCUT2D eigenvalue weighted by Gasteiger charge is -2.48. The van der Waals surface area contributed by atoms with Crippen molar-refractivity contribution >= 4 is 23.7 Å². The van der Waals surface area contributed by atoms with Gasteiger partial charge in [-0.1, -0.05) is 37.3 Å². The van der Waals surface area contributed by atoms with Crippen LogP contribution < -0.4 is 9.80 Å². The van der Waals surface area contributed by atoms with Gasteiger partial charge in [-0.2, -0.15) is 26.3 Å². The number of carboxylic acids is 1. The number of ether oxygens (including phenoxy) is 1. The first-order valence-electron chi connectivity index (χ1n) is 17.7. The third-order valence-corrected chi connectivity index (χ3v) is 9.80. The monoisotopic (exact) mass is 749 g/mol. The Labute approximate surface area is 305 Å². The first-order valence-corrected chi connectivity index (χ1v) is 17.7. The summed E-state index contributed by atoms with van der Waals surface area (Å²) in [6.07, 6.45) is -5.08. The number of rotatable bonds is 9. The topological polar surface area (TPSA) is 99.1 Å². The number of alkyl halides is 6. The summed E-state index contributed by atoms with van der Waals surface area (Å²) >= 11 is 0. The van der Waals surface area contributed by atoms with Gasteiger partial charge in [-0.15, -0.1) is 0 Å². The highest BCUT2D eigenvalue weighted by Gasteiger charge is 2.43. The Hall–Kier alpha value is -4.56. The molecular formula is C38H45F6N5O4. The van der Waals surface area contributed by atoms with Crippen LogP contribution in [0.2, 0.25) is 0 Å². The average Bonchev–Trinajstić information content (AvgIpc) is 3.09. The van der Waals surface area contributed by atoms with Crippen molar-refractivity contribution in [3.05, 3.63) is 83.2 Å². The van der Waals surface area contributed by atoms with Gasteiger partial charge in [0, 0.05) is 37.8 Å². The Kier molecular flexibility index (Phi) is 11.8. The second kappa shape index (κ2) is 15.8.